The minimum atomic E-state index is 0.474. The van der Waals surface area contributed by atoms with E-state index in [1.54, 1.807) is 0 Å². The van der Waals surface area contributed by atoms with Gasteiger partial charge in [0.15, 0.2) is 0 Å². The fourth-order valence-corrected chi connectivity index (χ4v) is 6.25. The minimum Gasteiger partial charge on any atom is -0.292 e. The van der Waals surface area contributed by atoms with Crippen molar-refractivity contribution in [2.45, 2.75) is 91.7 Å². The molecule has 4 heteroatoms. The number of hydrogen-bond donors (Lipinski definition) is 0. The maximum atomic E-state index is 5.03. The van der Waals surface area contributed by atoms with Crippen LogP contribution in [0.1, 0.15) is 71.9 Å². The molecule has 2 bridgehead atoms. The molecular formula is C26H36BN3. The van der Waals surface area contributed by atoms with Crippen LogP contribution < -0.4 is 4.92 Å². The number of nitrogens with zero attached hydrogens (tertiary/aromatic N) is 3. The van der Waals surface area contributed by atoms with E-state index in [9.17, 15) is 0 Å². The number of fused-ring (bicyclic) bond motifs is 2. The fourth-order valence-electron chi connectivity index (χ4n) is 6.25. The Balaban J connectivity index is 1.81. The molecule has 0 aliphatic carbocycles. The Bertz CT molecular complexity index is 897. The van der Waals surface area contributed by atoms with Gasteiger partial charge in [-0.05, 0) is 75.4 Å². The quantitative estimate of drug-likeness (QED) is 0.289. The van der Waals surface area contributed by atoms with E-state index in [1.807, 2.05) is 0 Å². The van der Waals surface area contributed by atoms with E-state index in [0.29, 0.717) is 6.85 Å². The normalized spacial score (nSPS) is 21.3. The highest BCUT2D eigenvalue weighted by atomic mass is 15.5. The Kier molecular flexibility index (Phi) is 6.04. The van der Waals surface area contributed by atoms with Gasteiger partial charge in [-0.3, -0.25) is 4.92 Å². The zero-order chi connectivity index (χ0) is 21.4. The van der Waals surface area contributed by atoms with Gasteiger partial charge in [-0.25, -0.2) is 0 Å². The van der Waals surface area contributed by atoms with Crippen LogP contribution in [-0.2, 0) is 0 Å². The van der Waals surface area contributed by atoms with E-state index in [-0.39, 0.29) is 0 Å². The Morgan fingerprint density at radius 2 is 1.13 bits per heavy atom. The van der Waals surface area contributed by atoms with Gasteiger partial charge in [0, 0.05) is 0 Å². The van der Waals surface area contributed by atoms with Crippen LogP contribution in [0.25, 0.3) is 0 Å². The number of aryl methyl sites for hydroxylation is 6. The maximum Gasteiger partial charge on any atom is 0.293 e. The first-order chi connectivity index (χ1) is 14.3. The van der Waals surface area contributed by atoms with Crippen LogP contribution in [0.15, 0.2) is 34.6 Å². The molecule has 3 nitrogen and oxygen atoms in total. The second-order valence-corrected chi connectivity index (χ2v) is 9.90. The molecule has 158 valence electrons. The Morgan fingerprint density at radius 1 is 0.700 bits per heavy atom. The average Bonchev–Trinajstić information content (AvgIpc) is 2.64. The summed E-state index contributed by atoms with van der Waals surface area (Å²) in [5, 5.41) is 9.91. The average molecular weight is 401 g/mol. The van der Waals surface area contributed by atoms with Crippen molar-refractivity contribution in [3.05, 3.63) is 57.6 Å². The van der Waals surface area contributed by atoms with Crippen molar-refractivity contribution in [2.75, 3.05) is 4.92 Å². The zero-order valence-corrected chi connectivity index (χ0v) is 19.6. The van der Waals surface area contributed by atoms with Crippen LogP contribution in [0.4, 0.5) is 11.4 Å². The Morgan fingerprint density at radius 3 is 1.60 bits per heavy atom. The predicted molar refractivity (Wildman–Crippen MR) is 129 cm³/mol. The van der Waals surface area contributed by atoms with E-state index in [0.717, 1.165) is 17.3 Å². The molecule has 2 aliphatic rings. The second kappa shape index (κ2) is 8.57. The number of hydrogen-bond acceptors (Lipinski definition) is 2. The molecule has 0 radical (unpaired) electrons. The first-order valence-electron chi connectivity index (χ1n) is 11.7. The number of anilines is 1. The van der Waals surface area contributed by atoms with Crippen molar-refractivity contribution in [1.29, 1.82) is 0 Å². The van der Waals surface area contributed by atoms with E-state index in [1.165, 1.54) is 77.6 Å². The van der Waals surface area contributed by atoms with Crippen LogP contribution in [0, 0.1) is 41.5 Å². The van der Waals surface area contributed by atoms with Crippen molar-refractivity contribution in [2.24, 2.45) is 10.3 Å². The standard InChI is InChI=1S/C26H36BN3/c1-17-13-19(3)25(20(4)14-17)28-29-30(26-21(5)15-18(2)16-22(26)6)27-23-9-7-10-24(27)12-8-11-23/h13-16,23-24H,7-12H2,1-6H3. The molecule has 4 rings (SSSR count). The van der Waals surface area contributed by atoms with E-state index >= 15 is 0 Å². The van der Waals surface area contributed by atoms with Gasteiger partial charge in [0.2, 0.25) is 0 Å². The van der Waals surface area contributed by atoms with Gasteiger partial charge in [-0.2, -0.15) is 0 Å². The molecule has 2 aromatic rings. The van der Waals surface area contributed by atoms with Crippen molar-refractivity contribution < 1.29 is 0 Å². The molecule has 2 fully saturated rings. The highest BCUT2D eigenvalue weighted by Crippen LogP contribution is 2.49. The first kappa shape index (κ1) is 21.1. The molecule has 0 aromatic heterocycles. The largest absolute Gasteiger partial charge is 0.293 e. The highest BCUT2D eigenvalue weighted by molar-refractivity contribution is 6.66. The molecule has 2 heterocycles. The van der Waals surface area contributed by atoms with Crippen LogP contribution in [0.5, 0.6) is 0 Å². The van der Waals surface area contributed by atoms with Crippen molar-refractivity contribution in [3.8, 4) is 0 Å². The van der Waals surface area contributed by atoms with E-state index in [4.69, 9.17) is 10.3 Å². The lowest BCUT2D eigenvalue weighted by Crippen LogP contribution is -2.47. The Hall–Kier alpha value is -2.10. The molecule has 0 N–H and O–H groups in total. The summed E-state index contributed by atoms with van der Waals surface area (Å²) in [5.41, 5.74) is 9.94. The lowest BCUT2D eigenvalue weighted by molar-refractivity contribution is 0.439. The molecule has 2 saturated heterocycles. The third-order valence-electron chi connectivity index (χ3n) is 7.29. The van der Waals surface area contributed by atoms with Crippen molar-refractivity contribution in [3.63, 3.8) is 0 Å². The molecule has 0 saturated carbocycles. The Labute approximate surface area is 183 Å². The van der Waals surface area contributed by atoms with Crippen molar-refractivity contribution >= 4 is 18.2 Å². The zero-order valence-electron chi connectivity index (χ0n) is 19.6. The lowest BCUT2D eigenvalue weighted by atomic mass is 9.34. The monoisotopic (exact) mass is 401 g/mol. The molecule has 2 aliphatic heterocycles. The summed E-state index contributed by atoms with van der Waals surface area (Å²) >= 11 is 0. The molecule has 0 unspecified atom stereocenters. The maximum absolute atomic E-state index is 5.03. The van der Waals surface area contributed by atoms with Crippen LogP contribution in [-0.4, -0.2) is 6.85 Å². The third kappa shape index (κ3) is 4.06. The topological polar surface area (TPSA) is 28.0 Å². The second-order valence-electron chi connectivity index (χ2n) is 9.90. The summed E-state index contributed by atoms with van der Waals surface area (Å²) in [5.74, 6) is 1.47. The minimum absolute atomic E-state index is 0.474. The van der Waals surface area contributed by atoms with Gasteiger partial charge in [0.25, 0.3) is 6.85 Å². The van der Waals surface area contributed by atoms with E-state index in [2.05, 4.69) is 70.7 Å². The van der Waals surface area contributed by atoms with Crippen LogP contribution in [0.3, 0.4) is 0 Å². The summed E-state index contributed by atoms with van der Waals surface area (Å²) in [7, 11) is 0. The SMILES string of the molecule is Cc1cc(C)c(N=NN(B2C3CCCC2CCC3)c2c(C)cc(C)cc2C)c(C)c1. The van der Waals surface area contributed by atoms with Gasteiger partial charge in [0.1, 0.15) is 0 Å². The molecular weight excluding hydrogens is 365 g/mol. The molecule has 0 atom stereocenters. The molecule has 0 spiro atoms. The summed E-state index contributed by atoms with van der Waals surface area (Å²) < 4.78 is 0. The number of benzene rings is 2. The summed E-state index contributed by atoms with van der Waals surface area (Å²) in [4.78, 5) is 2.34. The van der Waals surface area contributed by atoms with Gasteiger partial charge >= 0.3 is 0 Å². The van der Waals surface area contributed by atoms with Gasteiger partial charge in [-0.15, -0.1) is 5.11 Å². The highest BCUT2D eigenvalue weighted by Gasteiger charge is 2.45. The number of rotatable bonds is 4. The van der Waals surface area contributed by atoms with Crippen molar-refractivity contribution in [1.82, 2.24) is 0 Å². The summed E-state index contributed by atoms with van der Waals surface area (Å²) in [6.45, 7) is 13.6. The predicted octanol–water partition coefficient (Wildman–Crippen LogP) is 8.14. The van der Waals surface area contributed by atoms with Gasteiger partial charge in [-0.1, -0.05) is 79.1 Å². The molecule has 30 heavy (non-hydrogen) atoms. The van der Waals surface area contributed by atoms with Gasteiger partial charge in [0.05, 0.1) is 11.4 Å². The molecule has 0 amide bonds. The van der Waals surface area contributed by atoms with Gasteiger partial charge < -0.3 is 0 Å². The lowest BCUT2D eigenvalue weighted by Gasteiger charge is -2.44. The van der Waals surface area contributed by atoms with Crippen LogP contribution in [0.2, 0.25) is 11.6 Å². The fraction of sp³-hybridized carbons (Fsp3) is 0.538. The third-order valence-corrected chi connectivity index (χ3v) is 7.29. The smallest absolute Gasteiger partial charge is 0.292 e. The first-order valence-corrected chi connectivity index (χ1v) is 11.7. The summed E-state index contributed by atoms with van der Waals surface area (Å²) in [6, 6.07) is 9.02. The molecule has 2 aromatic carbocycles. The van der Waals surface area contributed by atoms with Crippen LogP contribution >= 0.6 is 0 Å². The summed E-state index contributed by atoms with van der Waals surface area (Å²) in [6.07, 6.45) is 8.08. The van der Waals surface area contributed by atoms with E-state index < -0.39 is 0 Å².